The van der Waals surface area contributed by atoms with Gasteiger partial charge in [0.05, 0.1) is 41.3 Å². The number of nitro groups is 1. The van der Waals surface area contributed by atoms with E-state index in [2.05, 4.69) is 4.98 Å². The molecule has 0 aliphatic rings. The number of halogens is 1. The predicted octanol–water partition coefficient (Wildman–Crippen LogP) is 4.13. The molecule has 0 saturated heterocycles. The van der Waals surface area contributed by atoms with Crippen molar-refractivity contribution < 1.29 is 10.0 Å². The summed E-state index contributed by atoms with van der Waals surface area (Å²) in [6, 6.07) is 18.3. The van der Waals surface area contributed by atoms with Gasteiger partial charge in [-0.2, -0.15) is 0 Å². The third-order valence-corrected chi connectivity index (χ3v) is 5.87. The molecule has 0 aliphatic carbocycles. The van der Waals surface area contributed by atoms with E-state index >= 15 is 0 Å². The van der Waals surface area contributed by atoms with Crippen LogP contribution in [0.1, 0.15) is 0 Å². The first-order valence-electron chi connectivity index (χ1n) is 9.91. The molecule has 9 heteroatoms. The molecule has 0 spiro atoms. The summed E-state index contributed by atoms with van der Waals surface area (Å²) < 4.78 is 3.29. The normalized spacial score (nSPS) is 12.6. The smallest absolute Gasteiger partial charge is 0.288 e. The summed E-state index contributed by atoms with van der Waals surface area (Å²) in [6.45, 7) is 0.248. The molecule has 1 N–H and O–H groups in total. The Labute approximate surface area is 186 Å². The molecule has 1 atom stereocenters. The molecule has 0 fully saturated rings. The van der Waals surface area contributed by atoms with Crippen molar-refractivity contribution in [2.24, 2.45) is 0 Å². The summed E-state index contributed by atoms with van der Waals surface area (Å²) in [6.07, 6.45) is 0.426. The Morgan fingerprint density at radius 2 is 1.62 bits per heavy atom. The van der Waals surface area contributed by atoms with Gasteiger partial charge in [0, 0.05) is 27.9 Å². The zero-order valence-corrected chi connectivity index (χ0v) is 17.4. The topological polar surface area (TPSA) is 103 Å². The maximum Gasteiger partial charge on any atom is 0.288 e. The number of aliphatic hydroxyl groups excluding tert-OH is 1. The Morgan fingerprint density at radius 3 is 2.25 bits per heavy atom. The molecular formula is C23H17ClN4O4. The maximum atomic E-state index is 12.9. The molecule has 0 unspecified atom stereocenters. The van der Waals surface area contributed by atoms with E-state index in [1.54, 1.807) is 0 Å². The molecule has 2 heterocycles. The number of hydrogen-bond donors (Lipinski definition) is 1. The van der Waals surface area contributed by atoms with Crippen LogP contribution >= 0.6 is 11.6 Å². The zero-order valence-electron chi connectivity index (χ0n) is 16.7. The van der Waals surface area contributed by atoms with Crippen molar-refractivity contribution in [3.63, 3.8) is 0 Å². The summed E-state index contributed by atoms with van der Waals surface area (Å²) >= 11 is 5.92. The van der Waals surface area contributed by atoms with Gasteiger partial charge in [0.15, 0.2) is 0 Å². The molecule has 0 bridgehead atoms. The van der Waals surface area contributed by atoms with Gasteiger partial charge in [0.25, 0.3) is 11.2 Å². The van der Waals surface area contributed by atoms with E-state index in [0.717, 1.165) is 27.9 Å². The minimum absolute atomic E-state index is 0.0149. The zero-order chi connectivity index (χ0) is 22.4. The lowest BCUT2D eigenvalue weighted by Crippen LogP contribution is -2.29. The van der Waals surface area contributed by atoms with Gasteiger partial charge in [-0.1, -0.05) is 48.0 Å². The fourth-order valence-electron chi connectivity index (χ4n) is 4.13. The van der Waals surface area contributed by atoms with Crippen LogP contribution in [0, 0.1) is 10.1 Å². The van der Waals surface area contributed by atoms with Crippen LogP contribution in [-0.4, -0.2) is 30.3 Å². The lowest BCUT2D eigenvalue weighted by Gasteiger charge is -2.15. The lowest BCUT2D eigenvalue weighted by atomic mass is 10.2. The van der Waals surface area contributed by atoms with Crippen molar-refractivity contribution in [1.82, 2.24) is 14.1 Å². The molecule has 3 aromatic carbocycles. The van der Waals surface area contributed by atoms with Gasteiger partial charge in [-0.15, -0.1) is 0 Å². The van der Waals surface area contributed by atoms with Crippen molar-refractivity contribution >= 4 is 50.0 Å². The van der Waals surface area contributed by atoms with Crippen LogP contribution in [0.2, 0.25) is 5.02 Å². The molecular weight excluding hydrogens is 432 g/mol. The molecule has 0 amide bonds. The number of rotatable bonds is 5. The van der Waals surface area contributed by atoms with Crippen LogP contribution in [0.15, 0.2) is 71.8 Å². The van der Waals surface area contributed by atoms with E-state index in [1.807, 2.05) is 53.1 Å². The highest BCUT2D eigenvalue weighted by atomic mass is 35.5. The van der Waals surface area contributed by atoms with E-state index in [1.165, 1.54) is 17.0 Å². The number of nitrogens with zero attached hydrogens (tertiary/aromatic N) is 4. The van der Waals surface area contributed by atoms with Gasteiger partial charge in [-0.25, -0.2) is 4.98 Å². The quantitative estimate of drug-likeness (QED) is 0.321. The van der Waals surface area contributed by atoms with Crippen LogP contribution in [0.4, 0.5) is 5.69 Å². The van der Waals surface area contributed by atoms with Crippen molar-refractivity contribution in [2.45, 2.75) is 19.2 Å². The fourth-order valence-corrected chi connectivity index (χ4v) is 4.36. The van der Waals surface area contributed by atoms with Gasteiger partial charge >= 0.3 is 0 Å². The minimum Gasteiger partial charge on any atom is -0.389 e. The highest BCUT2D eigenvalue weighted by Gasteiger charge is 2.18. The first-order valence-corrected chi connectivity index (χ1v) is 10.3. The Balaban J connectivity index is 1.51. The van der Waals surface area contributed by atoms with E-state index in [4.69, 9.17) is 11.6 Å². The second-order valence-corrected chi connectivity index (χ2v) is 7.99. The van der Waals surface area contributed by atoms with E-state index in [9.17, 15) is 20.0 Å². The molecule has 5 aromatic rings. The first kappa shape index (κ1) is 20.2. The number of benzene rings is 3. The van der Waals surface area contributed by atoms with Crippen molar-refractivity contribution in [1.29, 1.82) is 0 Å². The Morgan fingerprint density at radius 1 is 1.00 bits per heavy atom. The molecule has 32 heavy (non-hydrogen) atoms. The van der Waals surface area contributed by atoms with Gasteiger partial charge in [0.2, 0.25) is 0 Å². The van der Waals surface area contributed by atoms with Gasteiger partial charge in [-0.3, -0.25) is 19.5 Å². The Bertz CT molecular complexity index is 1520. The van der Waals surface area contributed by atoms with Crippen LogP contribution in [0.25, 0.3) is 32.7 Å². The average Bonchev–Trinajstić information content (AvgIpc) is 3.09. The van der Waals surface area contributed by atoms with Gasteiger partial charge in [-0.05, 0) is 18.2 Å². The van der Waals surface area contributed by atoms with Crippen molar-refractivity contribution in [2.75, 3.05) is 0 Å². The van der Waals surface area contributed by atoms with E-state index in [-0.39, 0.29) is 34.7 Å². The van der Waals surface area contributed by atoms with Crippen LogP contribution in [0.5, 0.6) is 0 Å². The fraction of sp³-hybridized carbons (Fsp3) is 0.130. The third kappa shape index (κ3) is 3.30. The average molecular weight is 449 g/mol. The van der Waals surface area contributed by atoms with Crippen molar-refractivity contribution in [3.05, 3.63) is 92.5 Å². The summed E-state index contributed by atoms with van der Waals surface area (Å²) in [5, 5.41) is 24.2. The summed E-state index contributed by atoms with van der Waals surface area (Å²) in [5.41, 5.74) is 1.40. The van der Waals surface area contributed by atoms with Crippen LogP contribution in [0.3, 0.4) is 0 Å². The van der Waals surface area contributed by atoms with E-state index in [0.29, 0.717) is 0 Å². The Hall–Kier alpha value is -3.75. The molecule has 8 nitrogen and oxygen atoms in total. The minimum atomic E-state index is -0.895. The standard InChI is InChI=1S/C23H17ClN4O4/c24-18-10-19-17(9-22(18)28(31)32)23(30)26(13-25-19)11-14(29)12-27-20-7-3-1-5-15(20)16-6-2-4-8-21(16)27/h1-10,13-14,29H,11-12H2/t14-/m0/s1. The molecule has 5 rings (SSSR count). The lowest BCUT2D eigenvalue weighted by molar-refractivity contribution is -0.384. The SMILES string of the molecule is O=c1c2cc([N+](=O)[O-])c(Cl)cc2ncn1C[C@H](O)Cn1c2ccccc2c2ccccc21. The highest BCUT2D eigenvalue weighted by molar-refractivity contribution is 6.33. The number of aliphatic hydroxyl groups is 1. The number of aromatic nitrogens is 3. The molecule has 160 valence electrons. The van der Waals surface area contributed by atoms with E-state index < -0.39 is 16.6 Å². The maximum absolute atomic E-state index is 12.9. The number of nitro benzene ring substituents is 1. The van der Waals surface area contributed by atoms with Crippen LogP contribution < -0.4 is 5.56 Å². The monoisotopic (exact) mass is 448 g/mol. The first-order chi connectivity index (χ1) is 15.4. The highest BCUT2D eigenvalue weighted by Crippen LogP contribution is 2.29. The van der Waals surface area contributed by atoms with Gasteiger partial charge in [0.1, 0.15) is 5.02 Å². The summed E-state index contributed by atoms with van der Waals surface area (Å²) in [5.74, 6) is 0. The number of fused-ring (bicyclic) bond motifs is 4. The second-order valence-electron chi connectivity index (χ2n) is 7.58. The predicted molar refractivity (Wildman–Crippen MR) is 123 cm³/mol. The third-order valence-electron chi connectivity index (χ3n) is 5.57. The summed E-state index contributed by atoms with van der Waals surface area (Å²) in [7, 11) is 0. The van der Waals surface area contributed by atoms with Gasteiger partial charge < -0.3 is 9.67 Å². The molecule has 0 saturated carbocycles. The largest absolute Gasteiger partial charge is 0.389 e. The Kier molecular flexibility index (Phi) is 4.88. The summed E-state index contributed by atoms with van der Waals surface area (Å²) in [4.78, 5) is 27.6. The molecule has 0 radical (unpaired) electrons. The molecule has 2 aromatic heterocycles. The molecule has 0 aliphatic heterocycles. The number of para-hydroxylation sites is 2. The van der Waals surface area contributed by atoms with Crippen LogP contribution in [-0.2, 0) is 13.1 Å². The number of hydrogen-bond acceptors (Lipinski definition) is 5. The van der Waals surface area contributed by atoms with Crippen molar-refractivity contribution in [3.8, 4) is 0 Å². The second kappa shape index (κ2) is 7.74.